The lowest BCUT2D eigenvalue weighted by Gasteiger charge is -2.11. The van der Waals surface area contributed by atoms with E-state index in [4.69, 9.17) is 4.74 Å². The maximum Gasteiger partial charge on any atom is 0.255 e. The van der Waals surface area contributed by atoms with E-state index in [2.05, 4.69) is 27.5 Å². The standard InChI is InChI=1S/C22H23N5O2S/c1-4-6-19-24-25-22-27(19)26-21(30-22)15-9-11-17(12-10-15)23-20(28)16-7-5-8-18(13-16)29-14(2)3/h5,7-14H,4,6H2,1-3H3,(H,23,28). The fourth-order valence-electron chi connectivity index (χ4n) is 3.04. The second-order valence-corrected chi connectivity index (χ2v) is 8.15. The average molecular weight is 422 g/mol. The Morgan fingerprint density at radius 2 is 1.97 bits per heavy atom. The summed E-state index contributed by atoms with van der Waals surface area (Å²) in [6.45, 7) is 6.01. The number of anilines is 1. The Morgan fingerprint density at radius 3 is 2.70 bits per heavy atom. The number of fused-ring (bicyclic) bond motifs is 1. The molecule has 2 aromatic heterocycles. The van der Waals surface area contributed by atoms with E-state index in [1.165, 1.54) is 11.3 Å². The molecule has 0 radical (unpaired) electrons. The van der Waals surface area contributed by atoms with Crippen molar-refractivity contribution in [2.75, 3.05) is 5.32 Å². The molecule has 8 heteroatoms. The van der Waals surface area contributed by atoms with Crippen LogP contribution in [0.2, 0.25) is 0 Å². The van der Waals surface area contributed by atoms with Gasteiger partial charge in [0.25, 0.3) is 5.91 Å². The first-order chi connectivity index (χ1) is 14.5. The Labute approximate surface area is 178 Å². The summed E-state index contributed by atoms with van der Waals surface area (Å²) in [6, 6.07) is 14.8. The molecule has 154 valence electrons. The van der Waals surface area contributed by atoms with Crippen molar-refractivity contribution in [1.29, 1.82) is 0 Å². The molecule has 30 heavy (non-hydrogen) atoms. The number of rotatable bonds is 7. The lowest BCUT2D eigenvalue weighted by molar-refractivity contribution is 0.102. The highest BCUT2D eigenvalue weighted by molar-refractivity contribution is 7.19. The second-order valence-electron chi connectivity index (χ2n) is 7.19. The number of carbonyl (C=O) groups is 1. The molecule has 4 aromatic rings. The van der Waals surface area contributed by atoms with E-state index in [0.29, 0.717) is 17.0 Å². The monoisotopic (exact) mass is 421 g/mol. The second kappa shape index (κ2) is 8.62. The SMILES string of the molecule is CCCc1nnc2sc(-c3ccc(NC(=O)c4cccc(OC(C)C)c4)cc3)nn12. The lowest BCUT2D eigenvalue weighted by Crippen LogP contribution is -2.12. The van der Waals surface area contributed by atoms with Crippen molar-refractivity contribution in [3.8, 4) is 16.3 Å². The van der Waals surface area contributed by atoms with Crippen LogP contribution in [0.3, 0.4) is 0 Å². The van der Waals surface area contributed by atoms with Gasteiger partial charge in [-0.05, 0) is 62.7 Å². The molecular formula is C22H23N5O2S. The van der Waals surface area contributed by atoms with Gasteiger partial charge in [-0.25, -0.2) is 0 Å². The molecule has 1 amide bonds. The van der Waals surface area contributed by atoms with Gasteiger partial charge in [0.1, 0.15) is 10.8 Å². The van der Waals surface area contributed by atoms with Crippen LogP contribution in [0.15, 0.2) is 48.5 Å². The summed E-state index contributed by atoms with van der Waals surface area (Å²) in [4.78, 5) is 13.4. The number of carbonyl (C=O) groups excluding carboxylic acids is 1. The Morgan fingerprint density at radius 1 is 1.17 bits per heavy atom. The number of amides is 1. The van der Waals surface area contributed by atoms with Gasteiger partial charge >= 0.3 is 0 Å². The van der Waals surface area contributed by atoms with Gasteiger partial charge in [0.2, 0.25) is 4.96 Å². The van der Waals surface area contributed by atoms with Gasteiger partial charge in [0, 0.05) is 23.2 Å². The van der Waals surface area contributed by atoms with Gasteiger partial charge in [-0.2, -0.15) is 9.61 Å². The predicted molar refractivity (Wildman–Crippen MR) is 118 cm³/mol. The number of aryl methyl sites for hydroxylation is 1. The van der Waals surface area contributed by atoms with Crippen LogP contribution in [0.5, 0.6) is 5.75 Å². The van der Waals surface area contributed by atoms with Crippen molar-refractivity contribution in [2.24, 2.45) is 0 Å². The smallest absolute Gasteiger partial charge is 0.255 e. The van der Waals surface area contributed by atoms with Crippen LogP contribution in [0.1, 0.15) is 43.4 Å². The highest BCUT2D eigenvalue weighted by Crippen LogP contribution is 2.27. The van der Waals surface area contributed by atoms with E-state index in [1.54, 1.807) is 12.1 Å². The highest BCUT2D eigenvalue weighted by atomic mass is 32.1. The molecule has 0 aliphatic carbocycles. The predicted octanol–water partition coefficient (Wildman–Crippen LogP) is 4.84. The van der Waals surface area contributed by atoms with Crippen molar-refractivity contribution in [1.82, 2.24) is 19.8 Å². The van der Waals surface area contributed by atoms with E-state index in [-0.39, 0.29) is 12.0 Å². The van der Waals surface area contributed by atoms with Crippen molar-refractivity contribution in [3.63, 3.8) is 0 Å². The minimum Gasteiger partial charge on any atom is -0.491 e. The van der Waals surface area contributed by atoms with Crippen LogP contribution in [0.25, 0.3) is 15.5 Å². The summed E-state index contributed by atoms with van der Waals surface area (Å²) in [5, 5.41) is 16.8. The minimum absolute atomic E-state index is 0.0540. The maximum atomic E-state index is 12.6. The van der Waals surface area contributed by atoms with Crippen molar-refractivity contribution in [2.45, 2.75) is 39.7 Å². The van der Waals surface area contributed by atoms with Crippen LogP contribution >= 0.6 is 11.3 Å². The molecule has 0 fully saturated rings. The van der Waals surface area contributed by atoms with Gasteiger partial charge in [0.05, 0.1) is 6.10 Å². The molecule has 7 nitrogen and oxygen atoms in total. The van der Waals surface area contributed by atoms with Crippen molar-refractivity contribution < 1.29 is 9.53 Å². The summed E-state index contributed by atoms with van der Waals surface area (Å²) in [6.07, 6.45) is 1.89. The molecule has 0 unspecified atom stereocenters. The Hall–Kier alpha value is -3.26. The first-order valence-electron chi connectivity index (χ1n) is 9.93. The molecule has 0 spiro atoms. The number of hydrogen-bond acceptors (Lipinski definition) is 6. The van der Waals surface area contributed by atoms with E-state index < -0.39 is 0 Å². The first kappa shape index (κ1) is 20.0. The van der Waals surface area contributed by atoms with Crippen LogP contribution in [-0.4, -0.2) is 31.8 Å². The van der Waals surface area contributed by atoms with Crippen LogP contribution < -0.4 is 10.1 Å². The molecule has 0 bridgehead atoms. The van der Waals surface area contributed by atoms with Gasteiger partial charge in [-0.15, -0.1) is 10.2 Å². The summed E-state index contributed by atoms with van der Waals surface area (Å²) < 4.78 is 7.48. The zero-order valence-corrected chi connectivity index (χ0v) is 17.9. The van der Waals surface area contributed by atoms with E-state index in [1.807, 2.05) is 54.8 Å². The van der Waals surface area contributed by atoms with Gasteiger partial charge in [0.15, 0.2) is 5.82 Å². The van der Waals surface area contributed by atoms with E-state index >= 15 is 0 Å². The van der Waals surface area contributed by atoms with Crippen molar-refractivity contribution in [3.05, 3.63) is 59.9 Å². The minimum atomic E-state index is -0.181. The third kappa shape index (κ3) is 4.33. The number of hydrogen-bond donors (Lipinski definition) is 1. The molecule has 2 heterocycles. The first-order valence-corrected chi connectivity index (χ1v) is 10.7. The summed E-state index contributed by atoms with van der Waals surface area (Å²) >= 11 is 1.50. The number of benzene rings is 2. The van der Waals surface area contributed by atoms with Crippen LogP contribution in [-0.2, 0) is 6.42 Å². The van der Waals surface area contributed by atoms with Gasteiger partial charge in [-0.1, -0.05) is 24.3 Å². The highest BCUT2D eigenvalue weighted by Gasteiger charge is 2.13. The Balaban J connectivity index is 1.48. The number of aromatic nitrogens is 4. The molecular weight excluding hydrogens is 398 g/mol. The fraction of sp³-hybridized carbons (Fsp3) is 0.273. The average Bonchev–Trinajstić information content (AvgIpc) is 3.30. The van der Waals surface area contributed by atoms with Crippen LogP contribution in [0, 0.1) is 0 Å². The number of nitrogens with zero attached hydrogens (tertiary/aromatic N) is 4. The molecule has 0 aliphatic heterocycles. The molecule has 0 atom stereocenters. The Bertz CT molecular complexity index is 1160. The van der Waals surface area contributed by atoms with Gasteiger partial charge < -0.3 is 10.1 Å². The quantitative estimate of drug-likeness (QED) is 0.462. The largest absolute Gasteiger partial charge is 0.491 e. The third-order valence-electron chi connectivity index (χ3n) is 4.39. The molecule has 0 saturated heterocycles. The summed E-state index contributed by atoms with van der Waals surface area (Å²) in [5.41, 5.74) is 2.24. The molecule has 1 N–H and O–H groups in total. The van der Waals surface area contributed by atoms with Crippen LogP contribution in [0.4, 0.5) is 5.69 Å². The van der Waals surface area contributed by atoms with Crippen molar-refractivity contribution >= 4 is 27.9 Å². The topological polar surface area (TPSA) is 81.4 Å². The Kier molecular flexibility index (Phi) is 5.76. The van der Waals surface area contributed by atoms with E-state index in [9.17, 15) is 4.79 Å². The fourth-order valence-corrected chi connectivity index (χ4v) is 3.90. The molecule has 0 aliphatic rings. The number of ether oxygens (including phenoxy) is 1. The normalized spacial score (nSPS) is 11.2. The third-order valence-corrected chi connectivity index (χ3v) is 5.33. The zero-order chi connectivity index (χ0) is 21.1. The van der Waals surface area contributed by atoms with Gasteiger partial charge in [-0.3, -0.25) is 4.79 Å². The maximum absolute atomic E-state index is 12.6. The number of nitrogens with one attached hydrogen (secondary N) is 1. The molecule has 4 rings (SSSR count). The zero-order valence-electron chi connectivity index (χ0n) is 17.1. The lowest BCUT2D eigenvalue weighted by atomic mass is 10.1. The summed E-state index contributed by atoms with van der Waals surface area (Å²) in [7, 11) is 0. The summed E-state index contributed by atoms with van der Waals surface area (Å²) in [5.74, 6) is 1.38. The van der Waals surface area contributed by atoms with E-state index in [0.717, 1.165) is 34.2 Å². The molecule has 2 aromatic carbocycles. The molecule has 0 saturated carbocycles.